The van der Waals surface area contributed by atoms with E-state index in [4.69, 9.17) is 0 Å². The third kappa shape index (κ3) is 4.89. The van der Waals surface area contributed by atoms with Gasteiger partial charge in [-0.25, -0.2) is 0 Å². The highest BCUT2D eigenvalue weighted by atomic mass is 32.2. The van der Waals surface area contributed by atoms with Crippen molar-refractivity contribution in [2.24, 2.45) is 0 Å². The number of likely N-dealkylation sites (tertiary alicyclic amines) is 1. The van der Waals surface area contributed by atoms with Gasteiger partial charge in [-0.2, -0.15) is 13.2 Å². The average Bonchev–Trinajstić information content (AvgIpc) is 3.10. The van der Waals surface area contributed by atoms with Crippen LogP contribution in [0, 0.1) is 0 Å². The summed E-state index contributed by atoms with van der Waals surface area (Å²) >= 11 is 1.17. The van der Waals surface area contributed by atoms with E-state index in [1.807, 2.05) is 4.90 Å². The third-order valence-electron chi connectivity index (χ3n) is 4.71. The molecule has 1 N–H and O–H groups in total. The van der Waals surface area contributed by atoms with Gasteiger partial charge >= 0.3 is 6.18 Å². The fourth-order valence-corrected chi connectivity index (χ4v) is 4.17. The van der Waals surface area contributed by atoms with Crippen LogP contribution in [-0.4, -0.2) is 66.8 Å². The van der Waals surface area contributed by atoms with E-state index >= 15 is 0 Å². The number of hydrogen-bond donors (Lipinski definition) is 1. The fourth-order valence-electron chi connectivity index (χ4n) is 3.31. The molecule has 2 aliphatic rings. The SMILES string of the molecule is O=C(CSc1cccc(C(F)(F)F)c1)N1CCC(N2CCNCC2)C1. The first-order valence-corrected chi connectivity index (χ1v) is 9.44. The van der Waals surface area contributed by atoms with E-state index in [-0.39, 0.29) is 11.7 Å². The molecule has 2 fully saturated rings. The van der Waals surface area contributed by atoms with Gasteiger partial charge < -0.3 is 10.2 Å². The summed E-state index contributed by atoms with van der Waals surface area (Å²) in [5.74, 6) is 0.176. The lowest BCUT2D eigenvalue weighted by molar-refractivity contribution is -0.137. The van der Waals surface area contributed by atoms with Crippen LogP contribution in [0.15, 0.2) is 29.2 Å². The van der Waals surface area contributed by atoms with Gasteiger partial charge in [-0.05, 0) is 24.6 Å². The van der Waals surface area contributed by atoms with Crippen molar-refractivity contribution in [3.05, 3.63) is 29.8 Å². The standard InChI is InChI=1S/C17H22F3N3OS/c18-17(19,20)13-2-1-3-15(10-13)25-12-16(24)23-7-4-14(11-23)22-8-5-21-6-9-22/h1-3,10,14,21H,4-9,11-12H2. The molecule has 8 heteroatoms. The molecule has 4 nitrogen and oxygen atoms in total. The highest BCUT2D eigenvalue weighted by Gasteiger charge is 2.32. The summed E-state index contributed by atoms with van der Waals surface area (Å²) < 4.78 is 38.2. The van der Waals surface area contributed by atoms with Gasteiger partial charge in [-0.1, -0.05) is 6.07 Å². The number of rotatable bonds is 4. The Labute approximate surface area is 149 Å². The van der Waals surface area contributed by atoms with E-state index in [1.165, 1.54) is 17.8 Å². The maximum absolute atomic E-state index is 12.7. The van der Waals surface area contributed by atoms with E-state index in [1.54, 1.807) is 6.07 Å². The predicted octanol–water partition coefficient (Wildman–Crippen LogP) is 2.30. The summed E-state index contributed by atoms with van der Waals surface area (Å²) in [5.41, 5.74) is -0.676. The van der Waals surface area contributed by atoms with E-state index in [0.717, 1.165) is 57.8 Å². The number of nitrogens with zero attached hydrogens (tertiary/aromatic N) is 2. The molecule has 3 rings (SSSR count). The van der Waals surface area contributed by atoms with Gasteiger partial charge in [0, 0.05) is 50.2 Å². The molecule has 2 saturated heterocycles. The Kier molecular flexibility index (Phi) is 5.91. The van der Waals surface area contributed by atoms with Gasteiger partial charge in [0.05, 0.1) is 11.3 Å². The topological polar surface area (TPSA) is 35.6 Å². The summed E-state index contributed by atoms with van der Waals surface area (Å²) in [5, 5.41) is 3.32. The molecule has 0 aromatic heterocycles. The van der Waals surface area contributed by atoms with Crippen LogP contribution >= 0.6 is 11.8 Å². The minimum atomic E-state index is -4.36. The molecule has 0 bridgehead atoms. The molecule has 0 spiro atoms. The van der Waals surface area contributed by atoms with Crippen molar-refractivity contribution in [1.29, 1.82) is 0 Å². The molecular weight excluding hydrogens is 351 g/mol. The molecule has 1 unspecified atom stereocenters. The van der Waals surface area contributed by atoms with Gasteiger partial charge in [0.1, 0.15) is 0 Å². The van der Waals surface area contributed by atoms with Gasteiger partial charge in [0.25, 0.3) is 0 Å². The number of carbonyl (C=O) groups is 1. The van der Waals surface area contributed by atoms with Crippen molar-refractivity contribution in [2.45, 2.75) is 23.5 Å². The maximum atomic E-state index is 12.7. The highest BCUT2D eigenvalue weighted by Crippen LogP contribution is 2.32. The zero-order valence-electron chi connectivity index (χ0n) is 13.9. The van der Waals surface area contributed by atoms with E-state index in [9.17, 15) is 18.0 Å². The number of amides is 1. The van der Waals surface area contributed by atoms with Crippen molar-refractivity contribution in [1.82, 2.24) is 15.1 Å². The first-order chi connectivity index (χ1) is 11.9. The Morgan fingerprint density at radius 2 is 2.00 bits per heavy atom. The summed E-state index contributed by atoms with van der Waals surface area (Å²) in [6, 6.07) is 5.55. The summed E-state index contributed by atoms with van der Waals surface area (Å²) in [6.45, 7) is 5.43. The second kappa shape index (κ2) is 7.97. The molecule has 1 aromatic rings. The zero-order chi connectivity index (χ0) is 17.9. The van der Waals surface area contributed by atoms with Gasteiger partial charge in [0.15, 0.2) is 0 Å². The number of benzene rings is 1. The molecule has 25 heavy (non-hydrogen) atoms. The average molecular weight is 373 g/mol. The molecule has 0 radical (unpaired) electrons. The van der Waals surface area contributed by atoms with E-state index in [2.05, 4.69) is 10.2 Å². The number of hydrogen-bond acceptors (Lipinski definition) is 4. The minimum absolute atomic E-state index is 0.0000428. The Hall–Kier alpha value is -1.25. The summed E-state index contributed by atoms with van der Waals surface area (Å²) in [4.78, 5) is 17.1. The van der Waals surface area contributed by atoms with Crippen LogP contribution in [0.4, 0.5) is 13.2 Å². The Morgan fingerprint density at radius 1 is 1.24 bits per heavy atom. The second-order valence-corrected chi connectivity index (χ2v) is 7.43. The van der Waals surface area contributed by atoms with Crippen LogP contribution in [0.1, 0.15) is 12.0 Å². The lowest BCUT2D eigenvalue weighted by Gasteiger charge is -2.32. The van der Waals surface area contributed by atoms with Crippen LogP contribution in [0.2, 0.25) is 0 Å². The molecule has 0 aliphatic carbocycles. The van der Waals surface area contributed by atoms with Gasteiger partial charge in [-0.15, -0.1) is 11.8 Å². The number of nitrogens with one attached hydrogen (secondary N) is 1. The maximum Gasteiger partial charge on any atom is 0.416 e. The van der Waals surface area contributed by atoms with Gasteiger partial charge in [0.2, 0.25) is 5.91 Å². The van der Waals surface area contributed by atoms with E-state index < -0.39 is 11.7 Å². The Bertz CT molecular complexity index is 605. The van der Waals surface area contributed by atoms with Crippen molar-refractivity contribution in [2.75, 3.05) is 45.0 Å². The Balaban J connectivity index is 1.50. The van der Waals surface area contributed by atoms with E-state index in [0.29, 0.717) is 10.9 Å². The molecule has 1 aromatic carbocycles. The number of halogens is 3. The van der Waals surface area contributed by atoms with Crippen molar-refractivity contribution >= 4 is 17.7 Å². The Morgan fingerprint density at radius 3 is 2.72 bits per heavy atom. The molecule has 138 valence electrons. The van der Waals surface area contributed by atoms with Crippen molar-refractivity contribution in [3.8, 4) is 0 Å². The predicted molar refractivity (Wildman–Crippen MR) is 91.6 cm³/mol. The van der Waals surface area contributed by atoms with Crippen LogP contribution in [0.3, 0.4) is 0 Å². The fraction of sp³-hybridized carbons (Fsp3) is 0.588. The number of alkyl halides is 3. The molecular formula is C17H22F3N3OS. The lowest BCUT2D eigenvalue weighted by Crippen LogP contribution is -2.49. The summed E-state index contributed by atoms with van der Waals surface area (Å²) in [7, 11) is 0. The normalized spacial score (nSPS) is 22.4. The molecule has 0 saturated carbocycles. The third-order valence-corrected chi connectivity index (χ3v) is 5.69. The minimum Gasteiger partial charge on any atom is -0.340 e. The van der Waals surface area contributed by atoms with Crippen molar-refractivity contribution in [3.63, 3.8) is 0 Å². The second-order valence-electron chi connectivity index (χ2n) is 6.38. The number of thioether (sulfide) groups is 1. The molecule has 2 heterocycles. The first kappa shape index (κ1) is 18.5. The number of piperazine rings is 1. The summed E-state index contributed by atoms with van der Waals surface area (Å²) in [6.07, 6.45) is -3.38. The number of carbonyl (C=O) groups excluding carboxylic acids is 1. The van der Waals surface area contributed by atoms with Crippen LogP contribution in [-0.2, 0) is 11.0 Å². The van der Waals surface area contributed by atoms with Crippen LogP contribution in [0.5, 0.6) is 0 Å². The highest BCUT2D eigenvalue weighted by molar-refractivity contribution is 8.00. The monoisotopic (exact) mass is 373 g/mol. The molecule has 1 atom stereocenters. The van der Waals surface area contributed by atoms with Crippen LogP contribution in [0.25, 0.3) is 0 Å². The van der Waals surface area contributed by atoms with Gasteiger partial charge in [-0.3, -0.25) is 9.69 Å². The molecule has 1 amide bonds. The molecule has 2 aliphatic heterocycles. The van der Waals surface area contributed by atoms with Crippen LogP contribution < -0.4 is 5.32 Å². The smallest absolute Gasteiger partial charge is 0.340 e. The van der Waals surface area contributed by atoms with Crippen molar-refractivity contribution < 1.29 is 18.0 Å². The first-order valence-electron chi connectivity index (χ1n) is 8.46. The largest absolute Gasteiger partial charge is 0.416 e. The quantitative estimate of drug-likeness (QED) is 0.822. The lowest BCUT2D eigenvalue weighted by atomic mass is 10.2. The zero-order valence-corrected chi connectivity index (χ0v) is 14.7.